The maximum absolute atomic E-state index is 12.7. The number of carbonyl (C=O) groups is 1. The van der Waals surface area contributed by atoms with Gasteiger partial charge in [-0.25, -0.2) is 0 Å². The average Bonchev–Trinajstić information content (AvgIpc) is 3.61. The van der Waals surface area contributed by atoms with E-state index in [0.717, 1.165) is 61.2 Å². The number of aromatic nitrogens is 3. The second kappa shape index (κ2) is 10.8. The number of thioether (sulfide) groups is 1. The van der Waals surface area contributed by atoms with Crippen molar-refractivity contribution in [1.29, 1.82) is 5.26 Å². The van der Waals surface area contributed by atoms with Crippen molar-refractivity contribution >= 4 is 34.0 Å². The molecule has 0 atom stereocenters. The Morgan fingerprint density at radius 1 is 1.20 bits per heavy atom. The fourth-order valence-electron chi connectivity index (χ4n) is 4.84. The lowest BCUT2D eigenvalue weighted by Crippen LogP contribution is -2.14. The van der Waals surface area contributed by atoms with Crippen molar-refractivity contribution in [3.63, 3.8) is 0 Å². The van der Waals surface area contributed by atoms with Crippen molar-refractivity contribution in [2.45, 2.75) is 76.1 Å². The molecular formula is C26H29N5O2S2. The van der Waals surface area contributed by atoms with Crippen LogP contribution in [-0.4, -0.2) is 32.5 Å². The van der Waals surface area contributed by atoms with Crippen molar-refractivity contribution < 1.29 is 9.53 Å². The molecule has 9 heteroatoms. The molecule has 5 rings (SSSR count). The monoisotopic (exact) mass is 507 g/mol. The number of fused-ring (bicyclic) bond motifs is 1. The SMILES string of the molecule is CCn1c(SCC(=O)Nc2sc3c(c2C#N)CCCC3)nnc1-c1ccc(OC2CCCC2)cc1. The van der Waals surface area contributed by atoms with Crippen molar-refractivity contribution in [1.82, 2.24) is 14.8 Å². The summed E-state index contributed by atoms with van der Waals surface area (Å²) < 4.78 is 8.10. The molecule has 2 aliphatic carbocycles. The minimum absolute atomic E-state index is 0.134. The number of thiophene rings is 1. The molecule has 182 valence electrons. The predicted octanol–water partition coefficient (Wildman–Crippen LogP) is 5.83. The molecule has 0 spiro atoms. The molecule has 3 aromatic rings. The lowest BCUT2D eigenvalue weighted by Gasteiger charge is -2.13. The molecule has 7 nitrogen and oxygen atoms in total. The number of carbonyl (C=O) groups excluding carboxylic acids is 1. The van der Waals surface area contributed by atoms with Gasteiger partial charge in [0, 0.05) is 17.0 Å². The van der Waals surface area contributed by atoms with Crippen LogP contribution in [0.3, 0.4) is 0 Å². The zero-order valence-electron chi connectivity index (χ0n) is 19.9. The molecule has 2 heterocycles. The Kier molecular flexibility index (Phi) is 7.40. The molecule has 2 aromatic heterocycles. The normalized spacial score (nSPS) is 15.5. The van der Waals surface area contributed by atoms with Crippen LogP contribution in [0.2, 0.25) is 0 Å². The number of ether oxygens (including phenoxy) is 1. The molecule has 0 bridgehead atoms. The Balaban J connectivity index is 1.23. The third kappa shape index (κ3) is 5.24. The van der Waals surface area contributed by atoms with E-state index in [2.05, 4.69) is 21.6 Å². The predicted molar refractivity (Wildman–Crippen MR) is 139 cm³/mol. The Morgan fingerprint density at radius 3 is 2.71 bits per heavy atom. The third-order valence-corrected chi connectivity index (χ3v) is 8.79. The summed E-state index contributed by atoms with van der Waals surface area (Å²) in [6, 6.07) is 10.3. The van der Waals surface area contributed by atoms with Crippen molar-refractivity contribution in [2.75, 3.05) is 11.1 Å². The summed E-state index contributed by atoms with van der Waals surface area (Å²) in [6.07, 6.45) is 9.26. The fourth-order valence-corrected chi connectivity index (χ4v) is 6.90. The first-order chi connectivity index (χ1) is 17.2. The number of benzene rings is 1. The second-order valence-electron chi connectivity index (χ2n) is 8.96. The summed E-state index contributed by atoms with van der Waals surface area (Å²) >= 11 is 2.91. The number of nitriles is 1. The first-order valence-electron chi connectivity index (χ1n) is 12.3. The Labute approximate surface area is 213 Å². The number of hydrogen-bond acceptors (Lipinski definition) is 7. The highest BCUT2D eigenvalue weighted by molar-refractivity contribution is 7.99. The van der Waals surface area contributed by atoms with Gasteiger partial charge in [0.15, 0.2) is 11.0 Å². The molecular weight excluding hydrogens is 478 g/mol. The van der Waals surface area contributed by atoms with Gasteiger partial charge in [-0.3, -0.25) is 4.79 Å². The summed E-state index contributed by atoms with van der Waals surface area (Å²) in [7, 11) is 0. The van der Waals surface area contributed by atoms with E-state index in [1.54, 1.807) is 11.3 Å². The van der Waals surface area contributed by atoms with Crippen LogP contribution in [0.4, 0.5) is 5.00 Å². The number of nitrogens with zero attached hydrogens (tertiary/aromatic N) is 4. The number of amides is 1. The standard InChI is InChI=1S/C26H29N5O2S2/c1-2-31-24(17-11-13-19(14-12-17)33-18-7-3-4-8-18)29-30-26(31)34-16-23(32)28-25-21(15-27)20-9-5-6-10-22(20)35-25/h11-14,18H,2-10,16H2,1H3,(H,28,32). The largest absolute Gasteiger partial charge is 0.490 e. The van der Waals surface area contributed by atoms with Gasteiger partial charge in [0.05, 0.1) is 17.4 Å². The molecule has 2 aliphatic rings. The third-order valence-electron chi connectivity index (χ3n) is 6.62. The van der Waals surface area contributed by atoms with Gasteiger partial charge in [-0.1, -0.05) is 11.8 Å². The van der Waals surface area contributed by atoms with E-state index in [1.165, 1.54) is 29.5 Å². The summed E-state index contributed by atoms with van der Waals surface area (Å²) in [6.45, 7) is 2.74. The maximum Gasteiger partial charge on any atom is 0.235 e. The highest BCUT2D eigenvalue weighted by atomic mass is 32.2. The minimum atomic E-state index is -0.134. The van der Waals surface area contributed by atoms with Crippen molar-refractivity contribution in [3.8, 4) is 23.2 Å². The van der Waals surface area contributed by atoms with Gasteiger partial charge in [-0.15, -0.1) is 21.5 Å². The van der Waals surface area contributed by atoms with E-state index >= 15 is 0 Å². The van der Waals surface area contributed by atoms with Gasteiger partial charge >= 0.3 is 0 Å². The average molecular weight is 508 g/mol. The number of anilines is 1. The molecule has 0 radical (unpaired) electrons. The van der Waals surface area contributed by atoms with Crippen LogP contribution in [0.5, 0.6) is 5.75 Å². The second-order valence-corrected chi connectivity index (χ2v) is 11.0. The molecule has 35 heavy (non-hydrogen) atoms. The molecule has 0 aliphatic heterocycles. The van der Waals surface area contributed by atoms with E-state index < -0.39 is 0 Å². The van der Waals surface area contributed by atoms with Gasteiger partial charge in [0.2, 0.25) is 5.91 Å². The summed E-state index contributed by atoms with van der Waals surface area (Å²) in [5.41, 5.74) is 2.74. The first kappa shape index (κ1) is 23.9. The van der Waals surface area contributed by atoms with Gasteiger partial charge in [0.1, 0.15) is 16.8 Å². The zero-order valence-corrected chi connectivity index (χ0v) is 21.5. The molecule has 0 unspecified atom stereocenters. The van der Waals surface area contributed by atoms with Crippen LogP contribution < -0.4 is 10.1 Å². The summed E-state index contributed by atoms with van der Waals surface area (Å²) in [5.74, 6) is 1.74. The number of hydrogen-bond donors (Lipinski definition) is 1. The summed E-state index contributed by atoms with van der Waals surface area (Å²) in [4.78, 5) is 14.0. The molecule has 1 amide bonds. The Bertz CT molecular complexity index is 1240. The number of nitrogens with one attached hydrogen (secondary N) is 1. The lowest BCUT2D eigenvalue weighted by atomic mass is 9.96. The smallest absolute Gasteiger partial charge is 0.235 e. The highest BCUT2D eigenvalue weighted by Crippen LogP contribution is 2.37. The molecule has 0 saturated heterocycles. The van der Waals surface area contributed by atoms with E-state index in [0.29, 0.717) is 28.4 Å². The highest BCUT2D eigenvalue weighted by Gasteiger charge is 2.22. The van der Waals surface area contributed by atoms with Crippen LogP contribution in [0.15, 0.2) is 29.4 Å². The van der Waals surface area contributed by atoms with Crippen LogP contribution in [0.1, 0.15) is 61.5 Å². The van der Waals surface area contributed by atoms with Crippen LogP contribution >= 0.6 is 23.1 Å². The Morgan fingerprint density at radius 2 is 1.97 bits per heavy atom. The van der Waals surface area contributed by atoms with Crippen molar-refractivity contribution in [2.24, 2.45) is 0 Å². The van der Waals surface area contributed by atoms with Crippen LogP contribution in [0.25, 0.3) is 11.4 Å². The molecule has 1 saturated carbocycles. The number of aryl methyl sites for hydroxylation is 1. The van der Waals surface area contributed by atoms with Crippen LogP contribution in [0, 0.1) is 11.3 Å². The maximum atomic E-state index is 12.7. The van der Waals surface area contributed by atoms with E-state index in [4.69, 9.17) is 4.74 Å². The summed E-state index contributed by atoms with van der Waals surface area (Å²) in [5, 5.41) is 22.7. The Hall–Kier alpha value is -2.83. The van der Waals surface area contributed by atoms with E-state index in [9.17, 15) is 10.1 Å². The molecule has 1 fully saturated rings. The van der Waals surface area contributed by atoms with E-state index in [-0.39, 0.29) is 11.7 Å². The topological polar surface area (TPSA) is 92.8 Å². The van der Waals surface area contributed by atoms with Gasteiger partial charge in [0.25, 0.3) is 0 Å². The lowest BCUT2D eigenvalue weighted by molar-refractivity contribution is -0.113. The number of rotatable bonds is 8. The van der Waals surface area contributed by atoms with E-state index in [1.807, 2.05) is 35.8 Å². The minimum Gasteiger partial charge on any atom is -0.490 e. The quantitative estimate of drug-likeness (QED) is 0.386. The first-order valence-corrected chi connectivity index (χ1v) is 14.1. The van der Waals surface area contributed by atoms with Crippen molar-refractivity contribution in [3.05, 3.63) is 40.3 Å². The zero-order chi connectivity index (χ0) is 24.2. The fraction of sp³-hybridized carbons (Fsp3) is 0.462. The van der Waals surface area contributed by atoms with Gasteiger partial charge in [-0.05, 0) is 88.1 Å². The van der Waals surface area contributed by atoms with Crippen LogP contribution in [-0.2, 0) is 24.2 Å². The molecule has 1 aromatic carbocycles. The van der Waals surface area contributed by atoms with Gasteiger partial charge in [-0.2, -0.15) is 5.26 Å². The van der Waals surface area contributed by atoms with Gasteiger partial charge < -0.3 is 14.6 Å². The molecule has 1 N–H and O–H groups in total.